The van der Waals surface area contributed by atoms with E-state index >= 15 is 0 Å². The number of rotatable bonds is 6. The van der Waals surface area contributed by atoms with Crippen molar-refractivity contribution in [2.24, 2.45) is 0 Å². The SMILES string of the molecule is O=C(Nc1ccc([N+](=O)[O-])cc1)Nc1cccc(CSc2ncnc3[nH]ncc23)c1. The zero-order valence-corrected chi connectivity index (χ0v) is 16.2. The summed E-state index contributed by atoms with van der Waals surface area (Å²) in [6.45, 7) is 0. The molecule has 0 bridgehead atoms. The molecule has 4 rings (SSSR count). The van der Waals surface area contributed by atoms with Gasteiger partial charge in [-0.1, -0.05) is 12.1 Å². The van der Waals surface area contributed by atoms with Crippen LogP contribution in [0.4, 0.5) is 21.9 Å². The lowest BCUT2D eigenvalue weighted by molar-refractivity contribution is -0.384. The number of aromatic amines is 1. The highest BCUT2D eigenvalue weighted by atomic mass is 32.2. The van der Waals surface area contributed by atoms with Gasteiger partial charge in [-0.3, -0.25) is 15.2 Å². The highest BCUT2D eigenvalue weighted by molar-refractivity contribution is 7.98. The van der Waals surface area contributed by atoms with Crippen molar-refractivity contribution in [1.29, 1.82) is 0 Å². The minimum absolute atomic E-state index is 0.0393. The molecule has 10 nitrogen and oxygen atoms in total. The summed E-state index contributed by atoms with van der Waals surface area (Å²) < 4.78 is 0. The highest BCUT2D eigenvalue weighted by Gasteiger charge is 2.09. The molecule has 3 N–H and O–H groups in total. The number of nitro benzene ring substituents is 1. The molecular weight excluding hydrogens is 406 g/mol. The molecule has 0 fully saturated rings. The molecule has 2 heterocycles. The van der Waals surface area contributed by atoms with Crippen LogP contribution in [0.15, 0.2) is 66.1 Å². The maximum absolute atomic E-state index is 12.2. The van der Waals surface area contributed by atoms with E-state index in [1.165, 1.54) is 30.6 Å². The van der Waals surface area contributed by atoms with Gasteiger partial charge < -0.3 is 10.6 Å². The molecule has 0 spiro atoms. The predicted molar refractivity (Wildman–Crippen MR) is 113 cm³/mol. The van der Waals surface area contributed by atoms with Crippen molar-refractivity contribution in [3.8, 4) is 0 Å². The lowest BCUT2D eigenvalue weighted by Crippen LogP contribution is -2.19. The molecule has 2 aromatic heterocycles. The van der Waals surface area contributed by atoms with Gasteiger partial charge in [0, 0.05) is 29.3 Å². The number of benzene rings is 2. The number of H-pyrrole nitrogens is 1. The fraction of sp³-hybridized carbons (Fsp3) is 0.0526. The fourth-order valence-corrected chi connectivity index (χ4v) is 3.62. The van der Waals surface area contributed by atoms with Gasteiger partial charge in [-0.15, -0.1) is 11.8 Å². The Labute approximate surface area is 174 Å². The lowest BCUT2D eigenvalue weighted by atomic mass is 10.2. The van der Waals surface area contributed by atoms with E-state index in [-0.39, 0.29) is 5.69 Å². The average Bonchev–Trinajstić information content (AvgIpc) is 3.22. The summed E-state index contributed by atoms with van der Waals surface area (Å²) in [5.41, 5.74) is 2.73. The van der Waals surface area contributed by atoms with E-state index in [1.807, 2.05) is 18.2 Å². The molecule has 11 heteroatoms. The Balaban J connectivity index is 1.37. The molecule has 0 atom stereocenters. The number of non-ortho nitro benzene ring substituents is 1. The van der Waals surface area contributed by atoms with Crippen molar-refractivity contribution in [3.63, 3.8) is 0 Å². The molecular formula is C19H15N7O3S. The number of nitrogens with one attached hydrogen (secondary N) is 3. The van der Waals surface area contributed by atoms with Gasteiger partial charge >= 0.3 is 6.03 Å². The Kier molecular flexibility index (Phi) is 5.52. The zero-order valence-electron chi connectivity index (χ0n) is 15.4. The first-order valence-electron chi connectivity index (χ1n) is 8.77. The van der Waals surface area contributed by atoms with Crippen LogP contribution in [0.1, 0.15) is 5.56 Å². The third-order valence-corrected chi connectivity index (χ3v) is 5.18. The first-order chi connectivity index (χ1) is 14.6. The number of anilines is 2. The number of hydrogen-bond acceptors (Lipinski definition) is 7. The summed E-state index contributed by atoms with van der Waals surface area (Å²) in [4.78, 5) is 30.8. The van der Waals surface area contributed by atoms with E-state index in [0.29, 0.717) is 22.8 Å². The average molecular weight is 421 g/mol. The number of amides is 2. The molecule has 0 unspecified atom stereocenters. The number of urea groups is 1. The zero-order chi connectivity index (χ0) is 20.9. The molecule has 0 saturated heterocycles. The van der Waals surface area contributed by atoms with E-state index in [1.54, 1.807) is 24.0 Å². The van der Waals surface area contributed by atoms with Gasteiger partial charge in [0.05, 0.1) is 16.5 Å². The van der Waals surface area contributed by atoms with E-state index in [4.69, 9.17) is 0 Å². The number of nitro groups is 1. The minimum Gasteiger partial charge on any atom is -0.308 e. The van der Waals surface area contributed by atoms with Crippen molar-refractivity contribution < 1.29 is 9.72 Å². The molecule has 0 radical (unpaired) electrons. The summed E-state index contributed by atoms with van der Waals surface area (Å²) in [5, 5.41) is 24.6. The smallest absolute Gasteiger partial charge is 0.308 e. The van der Waals surface area contributed by atoms with E-state index in [0.717, 1.165) is 16.0 Å². The maximum atomic E-state index is 12.2. The normalized spacial score (nSPS) is 10.7. The number of nitrogens with zero attached hydrogens (tertiary/aromatic N) is 4. The monoisotopic (exact) mass is 421 g/mol. The van der Waals surface area contributed by atoms with Crippen LogP contribution >= 0.6 is 11.8 Å². The number of aromatic nitrogens is 4. The maximum Gasteiger partial charge on any atom is 0.323 e. The van der Waals surface area contributed by atoms with Crippen molar-refractivity contribution in [1.82, 2.24) is 20.2 Å². The Morgan fingerprint density at radius 2 is 1.90 bits per heavy atom. The van der Waals surface area contributed by atoms with Crippen molar-refractivity contribution in [3.05, 3.63) is 76.7 Å². The van der Waals surface area contributed by atoms with E-state index in [2.05, 4.69) is 30.8 Å². The van der Waals surface area contributed by atoms with Crippen molar-refractivity contribution in [2.75, 3.05) is 10.6 Å². The van der Waals surface area contributed by atoms with Crippen LogP contribution in [0.5, 0.6) is 0 Å². The summed E-state index contributed by atoms with van der Waals surface area (Å²) in [6.07, 6.45) is 3.18. The molecule has 0 aliphatic heterocycles. The molecule has 0 aliphatic rings. The number of hydrogen-bond donors (Lipinski definition) is 3. The largest absolute Gasteiger partial charge is 0.323 e. The second-order valence-corrected chi connectivity index (χ2v) is 7.15. The van der Waals surface area contributed by atoms with Crippen molar-refractivity contribution in [2.45, 2.75) is 10.8 Å². The van der Waals surface area contributed by atoms with E-state index in [9.17, 15) is 14.9 Å². The molecule has 0 aliphatic carbocycles. The number of fused-ring (bicyclic) bond motifs is 1. The van der Waals surface area contributed by atoms with Gasteiger partial charge in [0.2, 0.25) is 0 Å². The van der Waals surface area contributed by atoms with Gasteiger partial charge in [0.25, 0.3) is 5.69 Å². The van der Waals surface area contributed by atoms with Crippen LogP contribution in [-0.2, 0) is 5.75 Å². The number of carbonyl (C=O) groups is 1. The van der Waals surface area contributed by atoms with Crippen LogP contribution in [0.25, 0.3) is 11.0 Å². The Morgan fingerprint density at radius 1 is 1.10 bits per heavy atom. The quantitative estimate of drug-likeness (QED) is 0.183. The standard InChI is InChI=1S/C19H15N7O3S/c27-19(23-13-4-6-15(7-5-13)26(28)29)24-14-3-1-2-12(8-14)10-30-18-16-9-22-25-17(16)20-11-21-18/h1-9,11H,10H2,(H2,23,24,27)(H,20,21,22,25). The number of carbonyl (C=O) groups excluding carboxylic acids is 1. The molecule has 4 aromatic rings. The Bertz CT molecular complexity index is 1210. The van der Waals surface area contributed by atoms with Crippen LogP contribution in [-0.4, -0.2) is 31.1 Å². The number of thioether (sulfide) groups is 1. The molecule has 2 aromatic carbocycles. The topological polar surface area (TPSA) is 139 Å². The van der Waals surface area contributed by atoms with Crippen LogP contribution < -0.4 is 10.6 Å². The molecule has 150 valence electrons. The first-order valence-corrected chi connectivity index (χ1v) is 9.75. The van der Waals surface area contributed by atoms with Crippen LogP contribution in [0.3, 0.4) is 0 Å². The van der Waals surface area contributed by atoms with Gasteiger partial charge in [0.1, 0.15) is 11.4 Å². The van der Waals surface area contributed by atoms with Gasteiger partial charge in [-0.05, 0) is 29.8 Å². The summed E-state index contributed by atoms with van der Waals surface area (Å²) >= 11 is 1.55. The van der Waals surface area contributed by atoms with Gasteiger partial charge in [0.15, 0.2) is 5.65 Å². The second kappa shape index (κ2) is 8.57. The molecule has 30 heavy (non-hydrogen) atoms. The summed E-state index contributed by atoms with van der Waals surface area (Å²) in [6, 6.07) is 12.6. The third-order valence-electron chi connectivity index (χ3n) is 4.11. The van der Waals surface area contributed by atoms with Crippen LogP contribution in [0, 0.1) is 10.1 Å². The van der Waals surface area contributed by atoms with Crippen LogP contribution in [0.2, 0.25) is 0 Å². The first kappa shape index (κ1) is 19.3. The van der Waals surface area contributed by atoms with Gasteiger partial charge in [-0.2, -0.15) is 5.10 Å². The molecule has 0 saturated carbocycles. The third kappa shape index (κ3) is 4.52. The fourth-order valence-electron chi connectivity index (χ4n) is 2.71. The predicted octanol–water partition coefficient (Wildman–Crippen LogP) is 4.20. The highest BCUT2D eigenvalue weighted by Crippen LogP contribution is 2.27. The minimum atomic E-state index is -0.494. The van der Waals surface area contributed by atoms with Crippen molar-refractivity contribution >= 4 is 45.9 Å². The second-order valence-electron chi connectivity index (χ2n) is 6.18. The Hall–Kier alpha value is -3.99. The van der Waals surface area contributed by atoms with E-state index < -0.39 is 11.0 Å². The molecule has 2 amide bonds. The Morgan fingerprint density at radius 3 is 2.70 bits per heavy atom. The summed E-state index contributed by atoms with van der Waals surface area (Å²) in [7, 11) is 0. The van der Waals surface area contributed by atoms with Gasteiger partial charge in [-0.25, -0.2) is 14.8 Å². The lowest BCUT2D eigenvalue weighted by Gasteiger charge is -2.09. The summed E-state index contributed by atoms with van der Waals surface area (Å²) in [5.74, 6) is 0.650.